The van der Waals surface area contributed by atoms with Gasteiger partial charge in [-0.15, -0.1) is 0 Å². The van der Waals surface area contributed by atoms with Crippen molar-refractivity contribution in [1.29, 1.82) is 0 Å². The van der Waals surface area contributed by atoms with Crippen LogP contribution in [0.15, 0.2) is 16.6 Å². The molecular formula is C12H15BrO3. The Morgan fingerprint density at radius 1 is 1.31 bits per heavy atom. The number of rotatable bonds is 5. The van der Waals surface area contributed by atoms with Crippen molar-refractivity contribution >= 4 is 21.7 Å². The molecule has 0 spiro atoms. The number of hydrogen-bond acceptors (Lipinski definition) is 3. The Bertz CT molecular complexity index is 388. The normalized spacial score (nSPS) is 10.0. The van der Waals surface area contributed by atoms with Crippen LogP contribution in [0, 0.1) is 0 Å². The van der Waals surface area contributed by atoms with Gasteiger partial charge in [0.05, 0.1) is 18.7 Å². The van der Waals surface area contributed by atoms with Gasteiger partial charge in [0.1, 0.15) is 5.78 Å². The molecule has 0 heterocycles. The number of Topliss-reactive ketones (excluding diaryl/α,β-unsaturated/α-hetero) is 1. The van der Waals surface area contributed by atoms with Crippen LogP contribution in [-0.2, 0) is 11.2 Å². The maximum absolute atomic E-state index is 10.9. The van der Waals surface area contributed by atoms with E-state index in [1.54, 1.807) is 21.1 Å². The molecule has 0 amide bonds. The molecule has 0 unspecified atom stereocenters. The van der Waals surface area contributed by atoms with Crippen LogP contribution in [-0.4, -0.2) is 20.0 Å². The van der Waals surface area contributed by atoms with Crippen molar-refractivity contribution in [2.75, 3.05) is 14.2 Å². The van der Waals surface area contributed by atoms with Gasteiger partial charge in [-0.05, 0) is 40.9 Å². The van der Waals surface area contributed by atoms with Crippen molar-refractivity contribution in [3.05, 3.63) is 22.2 Å². The van der Waals surface area contributed by atoms with E-state index >= 15 is 0 Å². The molecule has 0 saturated heterocycles. The van der Waals surface area contributed by atoms with E-state index in [0.717, 1.165) is 10.0 Å². The molecular weight excluding hydrogens is 272 g/mol. The summed E-state index contributed by atoms with van der Waals surface area (Å²) in [7, 11) is 3.19. The van der Waals surface area contributed by atoms with Gasteiger partial charge >= 0.3 is 0 Å². The van der Waals surface area contributed by atoms with E-state index in [4.69, 9.17) is 9.47 Å². The zero-order valence-corrected chi connectivity index (χ0v) is 11.3. The second kappa shape index (κ2) is 5.89. The number of carbonyl (C=O) groups excluding carboxylic acids is 1. The third-order valence-electron chi connectivity index (χ3n) is 2.31. The summed E-state index contributed by atoms with van der Waals surface area (Å²) in [6.45, 7) is 1.59. The molecule has 1 rings (SSSR count). The lowest BCUT2D eigenvalue weighted by Crippen LogP contribution is -1.98. The van der Waals surface area contributed by atoms with Crippen molar-refractivity contribution < 1.29 is 14.3 Å². The second-order valence-electron chi connectivity index (χ2n) is 3.48. The van der Waals surface area contributed by atoms with E-state index in [1.807, 2.05) is 12.1 Å². The molecule has 0 saturated carbocycles. The fourth-order valence-electron chi connectivity index (χ4n) is 1.43. The van der Waals surface area contributed by atoms with E-state index in [1.165, 1.54) is 0 Å². The SMILES string of the molecule is COc1ccc(CCC(C)=O)c(Br)c1OC. The average Bonchev–Trinajstić information content (AvgIpc) is 2.26. The van der Waals surface area contributed by atoms with Crippen molar-refractivity contribution in [2.45, 2.75) is 19.8 Å². The number of ether oxygens (including phenoxy) is 2. The van der Waals surface area contributed by atoms with Gasteiger partial charge in [0, 0.05) is 6.42 Å². The van der Waals surface area contributed by atoms with Crippen molar-refractivity contribution in [3.8, 4) is 11.5 Å². The second-order valence-corrected chi connectivity index (χ2v) is 4.27. The van der Waals surface area contributed by atoms with Crippen LogP contribution in [0.4, 0.5) is 0 Å². The zero-order valence-electron chi connectivity index (χ0n) is 9.67. The number of hydrogen-bond donors (Lipinski definition) is 0. The molecule has 3 nitrogen and oxygen atoms in total. The van der Waals surface area contributed by atoms with E-state index in [0.29, 0.717) is 24.3 Å². The van der Waals surface area contributed by atoms with Gasteiger partial charge in [-0.3, -0.25) is 0 Å². The van der Waals surface area contributed by atoms with Crippen LogP contribution >= 0.6 is 15.9 Å². The van der Waals surface area contributed by atoms with Crippen LogP contribution in [0.25, 0.3) is 0 Å². The third kappa shape index (κ3) is 2.98. The van der Waals surface area contributed by atoms with E-state index < -0.39 is 0 Å². The maximum Gasteiger partial charge on any atom is 0.175 e. The number of methoxy groups -OCH3 is 2. The van der Waals surface area contributed by atoms with E-state index in [-0.39, 0.29) is 5.78 Å². The van der Waals surface area contributed by atoms with Crippen LogP contribution < -0.4 is 9.47 Å². The Kier molecular flexibility index (Phi) is 4.80. The Morgan fingerprint density at radius 3 is 2.50 bits per heavy atom. The smallest absolute Gasteiger partial charge is 0.175 e. The van der Waals surface area contributed by atoms with Gasteiger partial charge in [0.15, 0.2) is 11.5 Å². The molecule has 88 valence electrons. The van der Waals surface area contributed by atoms with Crippen molar-refractivity contribution in [2.24, 2.45) is 0 Å². The molecule has 1 aromatic rings. The minimum Gasteiger partial charge on any atom is -0.493 e. The summed E-state index contributed by atoms with van der Waals surface area (Å²) in [4.78, 5) is 10.9. The Morgan fingerprint density at radius 2 is 2.00 bits per heavy atom. The Labute approximate surface area is 104 Å². The molecule has 0 N–H and O–H groups in total. The molecule has 0 aromatic heterocycles. The van der Waals surface area contributed by atoms with Gasteiger partial charge in [-0.25, -0.2) is 0 Å². The van der Waals surface area contributed by atoms with Crippen molar-refractivity contribution in [3.63, 3.8) is 0 Å². The first-order chi connectivity index (χ1) is 7.60. The quantitative estimate of drug-likeness (QED) is 0.835. The molecule has 0 radical (unpaired) electrons. The van der Waals surface area contributed by atoms with Gasteiger partial charge in [-0.1, -0.05) is 6.07 Å². The minimum atomic E-state index is 0.182. The monoisotopic (exact) mass is 286 g/mol. The van der Waals surface area contributed by atoms with Gasteiger partial charge in [0.2, 0.25) is 0 Å². The number of aryl methyl sites for hydroxylation is 1. The number of carbonyl (C=O) groups is 1. The Balaban J connectivity index is 2.99. The lowest BCUT2D eigenvalue weighted by atomic mass is 10.1. The summed E-state index contributed by atoms with van der Waals surface area (Å²) in [5.74, 6) is 1.53. The summed E-state index contributed by atoms with van der Waals surface area (Å²) in [6.07, 6.45) is 1.24. The summed E-state index contributed by atoms with van der Waals surface area (Å²) in [5, 5.41) is 0. The summed E-state index contributed by atoms with van der Waals surface area (Å²) >= 11 is 3.47. The fourth-order valence-corrected chi connectivity index (χ4v) is 2.12. The minimum absolute atomic E-state index is 0.182. The fraction of sp³-hybridized carbons (Fsp3) is 0.417. The van der Waals surface area contributed by atoms with Crippen LogP contribution in [0.1, 0.15) is 18.9 Å². The highest BCUT2D eigenvalue weighted by atomic mass is 79.9. The highest BCUT2D eigenvalue weighted by molar-refractivity contribution is 9.10. The highest BCUT2D eigenvalue weighted by Gasteiger charge is 2.12. The number of halogens is 1. The molecule has 0 atom stereocenters. The maximum atomic E-state index is 10.9. The van der Waals surface area contributed by atoms with Crippen LogP contribution in [0.2, 0.25) is 0 Å². The predicted molar refractivity (Wildman–Crippen MR) is 66.2 cm³/mol. The van der Waals surface area contributed by atoms with Gasteiger partial charge in [0.25, 0.3) is 0 Å². The average molecular weight is 287 g/mol. The number of benzene rings is 1. The van der Waals surface area contributed by atoms with Crippen LogP contribution in [0.5, 0.6) is 11.5 Å². The molecule has 16 heavy (non-hydrogen) atoms. The lowest BCUT2D eigenvalue weighted by Gasteiger charge is -2.12. The lowest BCUT2D eigenvalue weighted by molar-refractivity contribution is -0.116. The van der Waals surface area contributed by atoms with E-state index in [9.17, 15) is 4.79 Å². The third-order valence-corrected chi connectivity index (χ3v) is 3.18. The number of ketones is 1. The van der Waals surface area contributed by atoms with Gasteiger partial charge in [-0.2, -0.15) is 0 Å². The Hall–Kier alpha value is -1.03. The molecule has 4 heteroatoms. The first-order valence-corrected chi connectivity index (χ1v) is 5.78. The summed E-state index contributed by atoms with van der Waals surface area (Å²) in [6, 6.07) is 3.79. The standard InChI is InChI=1S/C12H15BrO3/c1-8(14)4-5-9-6-7-10(15-2)12(16-3)11(9)13/h6-7H,4-5H2,1-3H3. The molecule has 0 aliphatic heterocycles. The molecule has 0 fully saturated rings. The first kappa shape index (κ1) is 13.0. The van der Waals surface area contributed by atoms with Crippen LogP contribution in [0.3, 0.4) is 0 Å². The molecule has 0 bridgehead atoms. The van der Waals surface area contributed by atoms with Crippen molar-refractivity contribution in [1.82, 2.24) is 0 Å². The zero-order chi connectivity index (χ0) is 12.1. The largest absolute Gasteiger partial charge is 0.493 e. The molecule has 0 aliphatic rings. The first-order valence-electron chi connectivity index (χ1n) is 4.99. The summed E-state index contributed by atoms with van der Waals surface area (Å²) in [5.41, 5.74) is 1.05. The van der Waals surface area contributed by atoms with Gasteiger partial charge < -0.3 is 14.3 Å². The predicted octanol–water partition coefficient (Wildman–Crippen LogP) is 2.99. The molecule has 0 aliphatic carbocycles. The molecule has 1 aromatic carbocycles. The van der Waals surface area contributed by atoms with E-state index in [2.05, 4.69) is 15.9 Å². The topological polar surface area (TPSA) is 35.5 Å². The summed E-state index contributed by atoms with van der Waals surface area (Å²) < 4.78 is 11.3. The highest BCUT2D eigenvalue weighted by Crippen LogP contribution is 2.37.